The fraction of sp³-hybridized carbons (Fsp3) is 0. The van der Waals surface area contributed by atoms with E-state index >= 15 is 0 Å². The highest BCUT2D eigenvalue weighted by atomic mass is 16.3. The number of fused-ring (bicyclic) bond motifs is 9. The van der Waals surface area contributed by atoms with Crippen LogP contribution in [0.4, 0.5) is 0 Å². The lowest BCUT2D eigenvalue weighted by Gasteiger charge is -2.11. The maximum atomic E-state index is 6.74. The van der Waals surface area contributed by atoms with E-state index in [1.54, 1.807) is 0 Å². The second-order valence-electron chi connectivity index (χ2n) is 16.5. The molecule has 0 aliphatic carbocycles. The third-order valence-electron chi connectivity index (χ3n) is 13.0. The van der Waals surface area contributed by atoms with Crippen LogP contribution in [0.1, 0.15) is 0 Å². The Hall–Kier alpha value is -8.54. The molecule has 5 nitrogen and oxygen atoms in total. The summed E-state index contributed by atoms with van der Waals surface area (Å²) in [5.41, 5.74) is 14.7. The molecule has 63 heavy (non-hydrogen) atoms. The van der Waals surface area contributed by atoms with Crippen molar-refractivity contribution < 1.29 is 8.83 Å². The summed E-state index contributed by atoms with van der Waals surface area (Å²) in [7, 11) is 0. The van der Waals surface area contributed by atoms with Gasteiger partial charge in [-0.05, 0) is 111 Å². The third kappa shape index (κ3) is 5.05. The zero-order valence-electron chi connectivity index (χ0n) is 33.7. The molecule has 4 aromatic heterocycles. The molecule has 0 bridgehead atoms. The zero-order chi connectivity index (χ0) is 41.2. The molecule has 14 rings (SSSR count). The highest BCUT2D eigenvalue weighted by molar-refractivity contribution is 6.33. The fourth-order valence-electron chi connectivity index (χ4n) is 10.1. The van der Waals surface area contributed by atoms with Crippen molar-refractivity contribution in [3.8, 4) is 50.6 Å². The van der Waals surface area contributed by atoms with Crippen LogP contribution in [0.2, 0.25) is 0 Å². The topological polar surface area (TPSA) is 57.0 Å². The molecule has 10 aromatic carbocycles. The van der Waals surface area contributed by atoms with E-state index < -0.39 is 0 Å². The first-order chi connectivity index (χ1) is 31.2. The highest BCUT2D eigenvalue weighted by Crippen LogP contribution is 2.45. The Bertz CT molecular complexity index is 4130. The van der Waals surface area contributed by atoms with Crippen LogP contribution in [0.5, 0.6) is 0 Å². The molecule has 0 amide bonds. The predicted octanol–water partition coefficient (Wildman–Crippen LogP) is 15.8. The minimum atomic E-state index is 0.655. The molecule has 0 saturated carbocycles. The monoisotopic (exact) mass is 803 g/mol. The van der Waals surface area contributed by atoms with Gasteiger partial charge in [-0.2, -0.15) is 0 Å². The average Bonchev–Trinajstić information content (AvgIpc) is 4.03. The van der Waals surface area contributed by atoms with E-state index in [-0.39, 0.29) is 0 Å². The van der Waals surface area contributed by atoms with Gasteiger partial charge in [0.1, 0.15) is 28.0 Å². The molecule has 0 spiro atoms. The normalized spacial score (nSPS) is 12.1. The van der Waals surface area contributed by atoms with Gasteiger partial charge >= 0.3 is 0 Å². The molecule has 0 aliphatic heterocycles. The Kier molecular flexibility index (Phi) is 7.05. The molecule has 0 radical (unpaired) electrons. The molecule has 14 aromatic rings. The molecule has 0 unspecified atom stereocenters. The maximum Gasteiger partial charge on any atom is 0.180 e. The summed E-state index contributed by atoms with van der Waals surface area (Å²) < 4.78 is 15.4. The van der Waals surface area contributed by atoms with Gasteiger partial charge in [-0.3, -0.25) is 0 Å². The van der Waals surface area contributed by atoms with Crippen LogP contribution in [0, 0.1) is 0 Å². The lowest BCUT2D eigenvalue weighted by Crippen LogP contribution is -1.95. The molecule has 292 valence electrons. The summed E-state index contributed by atoms with van der Waals surface area (Å²) in [6, 6.07) is 70.9. The molecule has 0 aliphatic rings. The summed E-state index contributed by atoms with van der Waals surface area (Å²) in [5, 5.41) is 10.5. The van der Waals surface area contributed by atoms with E-state index in [9.17, 15) is 0 Å². The highest BCUT2D eigenvalue weighted by Gasteiger charge is 2.22. The number of hydrogen-bond acceptors (Lipinski definition) is 4. The van der Waals surface area contributed by atoms with Crippen LogP contribution in [0.25, 0.3) is 138 Å². The molecule has 0 fully saturated rings. The summed E-state index contributed by atoms with van der Waals surface area (Å²) in [5.74, 6) is 0.655. The van der Waals surface area contributed by atoms with Crippen molar-refractivity contribution in [3.63, 3.8) is 0 Å². The number of para-hydroxylation sites is 1. The SMILES string of the molecule is c1ccc(-c2ccc3oc4c(-c5ccc6c(c5)c5cc(-c7ccc8c(c7)c7cccc9oc%10cccc8c%10c97)ccc5n6-c5ccccc5)nc(-c5ccccc5)nc4c3c2)cc1. The number of hydrogen-bond donors (Lipinski definition) is 0. The van der Waals surface area contributed by atoms with Crippen LogP contribution in [0.15, 0.2) is 209 Å². The van der Waals surface area contributed by atoms with Gasteiger partial charge < -0.3 is 13.4 Å². The van der Waals surface area contributed by atoms with Gasteiger partial charge in [-0.1, -0.05) is 133 Å². The lowest BCUT2D eigenvalue weighted by molar-refractivity contribution is 0.667. The Morgan fingerprint density at radius 1 is 0.333 bits per heavy atom. The number of rotatable bonds is 5. The van der Waals surface area contributed by atoms with Crippen LogP contribution in [0.3, 0.4) is 0 Å². The van der Waals surface area contributed by atoms with Gasteiger partial charge in [0, 0.05) is 43.7 Å². The van der Waals surface area contributed by atoms with E-state index in [0.717, 1.165) is 94.2 Å². The zero-order valence-corrected chi connectivity index (χ0v) is 33.7. The number of aromatic nitrogens is 3. The largest absolute Gasteiger partial charge is 0.456 e. The van der Waals surface area contributed by atoms with Crippen molar-refractivity contribution in [2.24, 2.45) is 0 Å². The molecule has 5 heteroatoms. The van der Waals surface area contributed by atoms with Crippen LogP contribution >= 0.6 is 0 Å². The van der Waals surface area contributed by atoms with E-state index in [0.29, 0.717) is 11.4 Å². The van der Waals surface area contributed by atoms with Crippen molar-refractivity contribution >= 4 is 87.4 Å². The van der Waals surface area contributed by atoms with E-state index in [2.05, 4.69) is 180 Å². The Morgan fingerprint density at radius 2 is 0.889 bits per heavy atom. The number of furan rings is 2. The standard InChI is InChI=1S/C58H33N3O2/c1-4-12-34(13-5-1)36-25-29-50-47(32-36)56-57(63-50)55(59-58(60-56)35-14-6-2-7-15-35)39-24-28-49-46(33-39)45-31-38(23-27-48(45)61(49)40-16-8-3-9-17-40)37-22-26-41-42-18-10-20-51-53(42)54-43(44(41)30-37)19-11-21-52(54)62-51/h1-33H. The van der Waals surface area contributed by atoms with E-state index in [1.165, 1.54) is 32.3 Å². The molecule has 0 N–H and O–H groups in total. The average molecular weight is 804 g/mol. The van der Waals surface area contributed by atoms with Crippen molar-refractivity contribution in [2.45, 2.75) is 0 Å². The molecular formula is C58H33N3O2. The second kappa shape index (κ2) is 13.0. The smallest absolute Gasteiger partial charge is 0.180 e. The van der Waals surface area contributed by atoms with Crippen LogP contribution in [-0.4, -0.2) is 14.5 Å². The quantitative estimate of drug-likeness (QED) is 0.163. The molecule has 0 atom stereocenters. The van der Waals surface area contributed by atoms with Gasteiger partial charge in [-0.25, -0.2) is 9.97 Å². The molecule has 4 heterocycles. The van der Waals surface area contributed by atoms with Crippen LogP contribution < -0.4 is 0 Å². The summed E-state index contributed by atoms with van der Waals surface area (Å²) in [6.45, 7) is 0. The van der Waals surface area contributed by atoms with Crippen molar-refractivity contribution in [3.05, 3.63) is 200 Å². The van der Waals surface area contributed by atoms with Crippen molar-refractivity contribution in [1.29, 1.82) is 0 Å². The molecular weight excluding hydrogens is 771 g/mol. The third-order valence-corrected chi connectivity index (χ3v) is 13.0. The first kappa shape index (κ1) is 34.2. The van der Waals surface area contributed by atoms with E-state index in [4.69, 9.17) is 18.8 Å². The summed E-state index contributed by atoms with van der Waals surface area (Å²) in [6.07, 6.45) is 0. The van der Waals surface area contributed by atoms with Gasteiger partial charge in [-0.15, -0.1) is 0 Å². The van der Waals surface area contributed by atoms with Crippen LogP contribution in [-0.2, 0) is 0 Å². The minimum absolute atomic E-state index is 0.655. The lowest BCUT2D eigenvalue weighted by atomic mass is 9.92. The second-order valence-corrected chi connectivity index (χ2v) is 16.5. The van der Waals surface area contributed by atoms with Crippen molar-refractivity contribution in [1.82, 2.24) is 14.5 Å². The predicted molar refractivity (Wildman–Crippen MR) is 259 cm³/mol. The van der Waals surface area contributed by atoms with Crippen molar-refractivity contribution in [2.75, 3.05) is 0 Å². The maximum absolute atomic E-state index is 6.74. The Balaban J connectivity index is 1.00. The fourth-order valence-corrected chi connectivity index (χ4v) is 10.1. The summed E-state index contributed by atoms with van der Waals surface area (Å²) in [4.78, 5) is 10.5. The van der Waals surface area contributed by atoms with Gasteiger partial charge in [0.05, 0.1) is 11.0 Å². The number of benzene rings is 10. The Morgan fingerprint density at radius 3 is 1.60 bits per heavy atom. The number of nitrogens with zero attached hydrogens (tertiary/aromatic N) is 3. The van der Waals surface area contributed by atoms with E-state index in [1.807, 2.05) is 24.3 Å². The van der Waals surface area contributed by atoms with Gasteiger partial charge in [0.25, 0.3) is 0 Å². The minimum Gasteiger partial charge on any atom is -0.456 e. The summed E-state index contributed by atoms with van der Waals surface area (Å²) >= 11 is 0. The Labute approximate surface area is 360 Å². The first-order valence-electron chi connectivity index (χ1n) is 21.3. The van der Waals surface area contributed by atoms with Gasteiger partial charge in [0.15, 0.2) is 11.4 Å². The molecule has 0 saturated heterocycles. The van der Waals surface area contributed by atoms with Gasteiger partial charge in [0.2, 0.25) is 0 Å². The first-order valence-corrected chi connectivity index (χ1v) is 21.3.